The van der Waals surface area contributed by atoms with Gasteiger partial charge in [-0.15, -0.1) is 0 Å². The van der Waals surface area contributed by atoms with E-state index in [1.54, 1.807) is 19.6 Å². The zero-order valence-electron chi connectivity index (χ0n) is 42.7. The number of rotatable bonds is 20. The van der Waals surface area contributed by atoms with Gasteiger partial charge in [0.15, 0.2) is 0 Å². The van der Waals surface area contributed by atoms with Crippen molar-refractivity contribution in [3.8, 4) is 0 Å². The van der Waals surface area contributed by atoms with Crippen LogP contribution in [0.15, 0.2) is 46.6 Å². The largest absolute Gasteiger partial charge is 0.454 e. The fourth-order valence-electron chi connectivity index (χ4n) is 10.4. The van der Waals surface area contributed by atoms with E-state index in [0.29, 0.717) is 0 Å². The Morgan fingerprint density at radius 3 is 0.843 bits per heavy atom. The maximum absolute atomic E-state index is 14.7. The lowest BCUT2D eigenvalue weighted by molar-refractivity contribution is 0.0885. The molecule has 70 heavy (non-hydrogen) atoms. The van der Waals surface area contributed by atoms with Crippen LogP contribution in [-0.4, -0.2) is 139 Å². The molecule has 18 heteroatoms. The molecular formula is C52H78N4O10S4. The molecule has 0 bridgehead atoms. The zero-order chi connectivity index (χ0) is 50.5. The Hall–Kier alpha value is -3.22. The Morgan fingerprint density at radius 2 is 0.657 bits per heavy atom. The van der Waals surface area contributed by atoms with Crippen LogP contribution < -0.4 is 0 Å². The molecule has 6 rings (SSSR count). The van der Waals surface area contributed by atoms with Gasteiger partial charge in [0, 0.05) is 49.2 Å². The van der Waals surface area contributed by atoms with Crippen LogP contribution in [-0.2, 0) is 18.9 Å². The summed E-state index contributed by atoms with van der Waals surface area (Å²) in [7, 11) is 0. The van der Waals surface area contributed by atoms with Gasteiger partial charge < -0.3 is 18.9 Å². The summed E-state index contributed by atoms with van der Waals surface area (Å²) < 4.78 is 23.5. The first-order valence-corrected chi connectivity index (χ1v) is 29.5. The fourth-order valence-corrected chi connectivity index (χ4v) is 13.1. The number of allylic oxidation sites excluding steroid dienone is 8. The highest BCUT2D eigenvalue weighted by Gasteiger charge is 2.58. The number of nitrogens with zero attached hydrogens (tertiary/aromatic N) is 4. The van der Waals surface area contributed by atoms with E-state index >= 15 is 0 Å². The predicted octanol–water partition coefficient (Wildman–Crippen LogP) is 13.1. The summed E-state index contributed by atoms with van der Waals surface area (Å²) in [6.07, 6.45) is 17.5. The van der Waals surface area contributed by atoms with Crippen LogP contribution in [0.4, 0.5) is 28.8 Å². The van der Waals surface area contributed by atoms with Gasteiger partial charge in [-0.3, -0.25) is 19.6 Å². The molecule has 2 aliphatic heterocycles. The average molecular weight is 1050 g/mol. The molecule has 0 N–H and O–H groups in total. The van der Waals surface area contributed by atoms with Crippen molar-refractivity contribution in [2.45, 2.75) is 169 Å². The molecule has 390 valence electrons. The van der Waals surface area contributed by atoms with Crippen molar-refractivity contribution in [3.05, 3.63) is 46.6 Å². The molecule has 0 aromatic carbocycles. The lowest BCUT2D eigenvalue weighted by Crippen LogP contribution is -2.48. The van der Waals surface area contributed by atoms with E-state index in [2.05, 4.69) is 52.0 Å². The molecule has 0 radical (unpaired) electrons. The molecule has 8 atom stereocenters. The van der Waals surface area contributed by atoms with Gasteiger partial charge in [0.1, 0.15) is 36.7 Å². The normalized spacial score (nSPS) is 26.6. The molecule has 2 fully saturated rings. The predicted molar refractivity (Wildman–Crippen MR) is 283 cm³/mol. The van der Waals surface area contributed by atoms with E-state index in [9.17, 15) is 28.8 Å². The first-order chi connectivity index (χ1) is 33.5. The van der Waals surface area contributed by atoms with Crippen LogP contribution in [0.2, 0.25) is 0 Å². The van der Waals surface area contributed by atoms with Gasteiger partial charge in [-0.05, 0) is 203 Å². The quantitative estimate of drug-likeness (QED) is 0.0646. The number of hydrogen-bond donors (Lipinski definition) is 0. The summed E-state index contributed by atoms with van der Waals surface area (Å²) in [5, 5.41) is -1.67. The van der Waals surface area contributed by atoms with Crippen molar-refractivity contribution >= 4 is 80.3 Å². The molecule has 8 unspecified atom stereocenters. The van der Waals surface area contributed by atoms with Crippen molar-refractivity contribution in [3.63, 3.8) is 0 Å². The number of amides is 4. The molecule has 6 aliphatic rings. The third-order valence-electron chi connectivity index (χ3n) is 15.2. The maximum Gasteiger partial charge on any atom is 0.367 e. The maximum atomic E-state index is 14.7. The molecule has 2 saturated heterocycles. The van der Waals surface area contributed by atoms with Crippen molar-refractivity contribution < 1.29 is 47.7 Å². The molecule has 0 spiro atoms. The minimum Gasteiger partial charge on any atom is -0.454 e. The van der Waals surface area contributed by atoms with Crippen LogP contribution in [0.5, 0.6) is 0 Å². The summed E-state index contributed by atoms with van der Waals surface area (Å²) >= 11 is 4.02. The van der Waals surface area contributed by atoms with Crippen molar-refractivity contribution in [1.29, 1.82) is 0 Å². The smallest absolute Gasteiger partial charge is 0.367 e. The van der Waals surface area contributed by atoms with Crippen molar-refractivity contribution in [2.24, 2.45) is 23.7 Å². The van der Waals surface area contributed by atoms with E-state index in [4.69, 9.17) is 18.9 Å². The topological polar surface area (TPSA) is 152 Å². The van der Waals surface area contributed by atoms with Crippen LogP contribution in [0.25, 0.3) is 0 Å². The molecule has 4 aliphatic carbocycles. The van der Waals surface area contributed by atoms with E-state index in [0.717, 1.165) is 124 Å². The highest BCUT2D eigenvalue weighted by molar-refractivity contribution is 8.14. The van der Waals surface area contributed by atoms with Crippen LogP contribution >= 0.6 is 47.0 Å². The Bertz CT molecular complexity index is 1730. The molecular weight excluding hydrogens is 969 g/mol. The molecule has 0 saturated carbocycles. The average Bonchev–Trinajstić information content (AvgIpc) is 3.74. The lowest BCUT2D eigenvalue weighted by atomic mass is 9.87. The third kappa shape index (κ3) is 15.9. The summed E-state index contributed by atoms with van der Waals surface area (Å²) in [6, 6.07) is -0.683. The van der Waals surface area contributed by atoms with Crippen molar-refractivity contribution in [1.82, 2.24) is 19.6 Å². The van der Waals surface area contributed by atoms with E-state index in [1.165, 1.54) is 22.3 Å². The number of urea groups is 2. The van der Waals surface area contributed by atoms with Crippen LogP contribution in [0.3, 0.4) is 0 Å². The minimum absolute atomic E-state index is 0.131. The van der Waals surface area contributed by atoms with Crippen LogP contribution in [0.1, 0.15) is 132 Å². The van der Waals surface area contributed by atoms with Gasteiger partial charge in [-0.2, -0.15) is 0 Å². The number of hydrogen-bond acceptors (Lipinski definition) is 14. The first kappa shape index (κ1) is 56.1. The summed E-state index contributed by atoms with van der Waals surface area (Å²) in [5.74, 6) is 1.86. The Balaban J connectivity index is 1.14. The third-order valence-corrected chi connectivity index (χ3v) is 18.1. The van der Waals surface area contributed by atoms with Gasteiger partial charge in [0.25, 0.3) is 0 Å². The van der Waals surface area contributed by atoms with E-state index in [1.807, 2.05) is 27.7 Å². The Kier molecular flexibility index (Phi) is 21.8. The second kappa shape index (κ2) is 27.2. The van der Waals surface area contributed by atoms with E-state index in [-0.39, 0.29) is 109 Å². The summed E-state index contributed by atoms with van der Waals surface area (Å²) in [4.78, 5) is 88.7. The van der Waals surface area contributed by atoms with Gasteiger partial charge in [-0.25, -0.2) is 28.8 Å². The summed E-state index contributed by atoms with van der Waals surface area (Å²) in [6.45, 7) is 16.7. The highest BCUT2D eigenvalue weighted by Crippen LogP contribution is 2.38. The number of thioether (sulfide) groups is 4. The lowest BCUT2D eigenvalue weighted by Gasteiger charge is -2.30. The van der Waals surface area contributed by atoms with Gasteiger partial charge in [0.2, 0.25) is 0 Å². The number of ether oxygens (including phenoxy) is 4. The Labute approximate surface area is 434 Å². The zero-order valence-corrected chi connectivity index (χ0v) is 46.0. The number of carbonyl (C=O) groups is 6. The van der Waals surface area contributed by atoms with Crippen LogP contribution in [0, 0.1) is 23.7 Å². The van der Waals surface area contributed by atoms with Gasteiger partial charge in [0.05, 0.1) is 0 Å². The minimum atomic E-state index is -0.778. The summed E-state index contributed by atoms with van der Waals surface area (Å²) in [5.41, 5.74) is 5.41. The molecule has 2 heterocycles. The molecule has 4 amide bonds. The molecule has 0 aromatic rings. The molecule has 0 aromatic heterocycles. The second-order valence-electron chi connectivity index (χ2n) is 20.2. The second-order valence-corrected chi connectivity index (χ2v) is 24.3. The highest BCUT2D eigenvalue weighted by atomic mass is 32.2. The van der Waals surface area contributed by atoms with Gasteiger partial charge in [-0.1, -0.05) is 46.6 Å². The first-order valence-electron chi connectivity index (χ1n) is 25.6. The van der Waals surface area contributed by atoms with E-state index < -0.39 is 33.5 Å². The monoisotopic (exact) mass is 1050 g/mol. The SMILES string of the molecule is CC1=CCC(C(C)OC(=O)SCCN2C(=O)N(CCSC(=O)OC(C)C3CC=C(C)CC3)C3C2N(CCSC(=O)OC(C)C2CC=C(C)CC2)C(=O)N3CCSC(=O)OC(C)C2CC=C(C)CC2)CC1. The standard InChI is InChI=1S/C52H78N4O10S4/c1-33-9-17-41(18-10-33)37(5)63-49(59)67-29-25-53-45-46(55(47(53)57)27-31-69-51(61)65-39(7)43-21-13-35(3)14-22-43)56(28-32-70-52(62)66-40(8)44-23-15-36(4)16-24-44)48(58)54(45)26-30-68-50(60)64-38(6)42-19-11-34(2)12-20-42/h9,11,13,15,37-46H,10,12,14,16-32H2,1-8H3. The van der Waals surface area contributed by atoms with Gasteiger partial charge >= 0.3 is 33.3 Å². The fraction of sp³-hybridized carbons (Fsp3) is 0.731. The number of carbonyl (C=O) groups excluding carboxylic acids is 6. The Morgan fingerprint density at radius 1 is 0.443 bits per heavy atom. The molecule has 14 nitrogen and oxygen atoms in total. The van der Waals surface area contributed by atoms with Crippen molar-refractivity contribution in [2.75, 3.05) is 49.2 Å². The number of fused-ring (bicyclic) bond motifs is 1.